The molecule has 0 aliphatic heterocycles. The fraction of sp³-hybridized carbons (Fsp3) is 0.375. The van der Waals surface area contributed by atoms with E-state index in [2.05, 4.69) is 43.4 Å². The number of para-hydroxylation sites is 1. The van der Waals surface area contributed by atoms with Crippen LogP contribution < -0.4 is 5.73 Å². The van der Waals surface area contributed by atoms with Crippen molar-refractivity contribution < 1.29 is 0 Å². The van der Waals surface area contributed by atoms with Crippen LogP contribution in [0.3, 0.4) is 0 Å². The molecule has 3 aromatic rings. The summed E-state index contributed by atoms with van der Waals surface area (Å²) in [6, 6.07) is 8.21. The van der Waals surface area contributed by atoms with Gasteiger partial charge in [-0.3, -0.25) is 4.68 Å². The SMILES string of the molecule is CC(C)(C)c1csc(Cn2nc(CN)c3ccccc32)n1. The van der Waals surface area contributed by atoms with E-state index in [9.17, 15) is 0 Å². The minimum Gasteiger partial charge on any atom is -0.325 e. The topological polar surface area (TPSA) is 56.7 Å². The van der Waals surface area contributed by atoms with Crippen molar-refractivity contribution in [3.05, 3.63) is 46.0 Å². The normalized spacial score (nSPS) is 12.2. The minimum absolute atomic E-state index is 0.0867. The third-order valence-corrected chi connectivity index (χ3v) is 4.37. The zero-order valence-electron chi connectivity index (χ0n) is 12.6. The number of thiazole rings is 1. The Kier molecular flexibility index (Phi) is 3.55. The smallest absolute Gasteiger partial charge is 0.114 e. The lowest BCUT2D eigenvalue weighted by atomic mass is 9.93. The molecule has 2 N–H and O–H groups in total. The van der Waals surface area contributed by atoms with Gasteiger partial charge in [0.25, 0.3) is 0 Å². The summed E-state index contributed by atoms with van der Waals surface area (Å²) in [6.07, 6.45) is 0. The third kappa shape index (κ3) is 2.71. The van der Waals surface area contributed by atoms with Crippen molar-refractivity contribution in [2.24, 2.45) is 5.73 Å². The molecule has 21 heavy (non-hydrogen) atoms. The number of benzene rings is 1. The molecule has 0 amide bonds. The number of hydrogen-bond donors (Lipinski definition) is 1. The highest BCUT2D eigenvalue weighted by Gasteiger charge is 2.18. The van der Waals surface area contributed by atoms with Crippen LogP contribution in [0.15, 0.2) is 29.6 Å². The monoisotopic (exact) mass is 300 g/mol. The van der Waals surface area contributed by atoms with Crippen molar-refractivity contribution in [3.8, 4) is 0 Å². The lowest BCUT2D eigenvalue weighted by molar-refractivity contribution is 0.568. The maximum absolute atomic E-state index is 5.79. The van der Waals surface area contributed by atoms with Crippen LogP contribution in [-0.4, -0.2) is 14.8 Å². The highest BCUT2D eigenvalue weighted by atomic mass is 32.1. The number of nitrogens with two attached hydrogens (primary N) is 1. The lowest BCUT2D eigenvalue weighted by Gasteiger charge is -2.14. The first-order valence-corrected chi connectivity index (χ1v) is 7.96. The number of fused-ring (bicyclic) bond motifs is 1. The zero-order valence-corrected chi connectivity index (χ0v) is 13.4. The molecule has 3 rings (SSSR count). The van der Waals surface area contributed by atoms with E-state index in [-0.39, 0.29) is 5.41 Å². The van der Waals surface area contributed by atoms with E-state index in [1.165, 1.54) is 0 Å². The van der Waals surface area contributed by atoms with E-state index in [0.717, 1.165) is 27.3 Å². The molecule has 0 saturated heterocycles. The molecule has 0 atom stereocenters. The average molecular weight is 300 g/mol. The second-order valence-corrected chi connectivity index (χ2v) is 7.14. The summed E-state index contributed by atoms with van der Waals surface area (Å²) in [5.41, 5.74) is 9.08. The van der Waals surface area contributed by atoms with E-state index in [4.69, 9.17) is 10.7 Å². The maximum Gasteiger partial charge on any atom is 0.114 e. The molecule has 0 unspecified atom stereocenters. The Morgan fingerprint density at radius 2 is 2.00 bits per heavy atom. The van der Waals surface area contributed by atoms with E-state index in [1.807, 2.05) is 16.8 Å². The molecule has 5 heteroatoms. The van der Waals surface area contributed by atoms with Crippen molar-refractivity contribution in [1.82, 2.24) is 14.8 Å². The predicted octanol–water partition coefficient (Wildman–Crippen LogP) is 3.30. The molecule has 0 bridgehead atoms. The van der Waals surface area contributed by atoms with Gasteiger partial charge < -0.3 is 5.73 Å². The van der Waals surface area contributed by atoms with Crippen LogP contribution in [0.25, 0.3) is 10.9 Å². The summed E-state index contributed by atoms with van der Waals surface area (Å²) in [6.45, 7) is 7.70. The zero-order chi connectivity index (χ0) is 15.0. The molecule has 1 aromatic carbocycles. The highest BCUT2D eigenvalue weighted by molar-refractivity contribution is 7.09. The van der Waals surface area contributed by atoms with Crippen LogP contribution in [0, 0.1) is 0 Å². The van der Waals surface area contributed by atoms with Gasteiger partial charge in [-0.25, -0.2) is 4.98 Å². The molecule has 110 valence electrons. The van der Waals surface area contributed by atoms with Crippen molar-refractivity contribution in [3.63, 3.8) is 0 Å². The Labute approximate surface area is 128 Å². The van der Waals surface area contributed by atoms with Gasteiger partial charge in [0.05, 0.1) is 23.4 Å². The standard InChI is InChI=1S/C16H20N4S/c1-16(2,3)14-10-21-15(18-14)9-20-13-7-5-4-6-11(13)12(8-17)19-20/h4-7,10H,8-9,17H2,1-3H3. The molecule has 0 saturated carbocycles. The summed E-state index contributed by atoms with van der Waals surface area (Å²) in [5, 5.41) is 8.99. The third-order valence-electron chi connectivity index (χ3n) is 3.53. The van der Waals surface area contributed by atoms with Gasteiger partial charge in [-0.05, 0) is 6.07 Å². The Morgan fingerprint density at radius 1 is 1.24 bits per heavy atom. The molecule has 0 fully saturated rings. The van der Waals surface area contributed by atoms with Crippen LogP contribution in [-0.2, 0) is 18.5 Å². The lowest BCUT2D eigenvalue weighted by Crippen LogP contribution is -2.12. The molecule has 4 nitrogen and oxygen atoms in total. The van der Waals surface area contributed by atoms with Gasteiger partial charge in [-0.2, -0.15) is 5.10 Å². The van der Waals surface area contributed by atoms with Crippen LogP contribution in [0.4, 0.5) is 0 Å². The van der Waals surface area contributed by atoms with Gasteiger partial charge in [0.2, 0.25) is 0 Å². The minimum atomic E-state index is 0.0867. The fourth-order valence-corrected chi connectivity index (χ4v) is 3.33. The number of hydrogen-bond acceptors (Lipinski definition) is 4. The highest BCUT2D eigenvalue weighted by Crippen LogP contribution is 2.25. The van der Waals surface area contributed by atoms with E-state index in [0.29, 0.717) is 13.1 Å². The quantitative estimate of drug-likeness (QED) is 0.807. The molecule has 2 aromatic heterocycles. The van der Waals surface area contributed by atoms with Crippen LogP contribution in [0.1, 0.15) is 37.2 Å². The number of aromatic nitrogens is 3. The van der Waals surface area contributed by atoms with Crippen LogP contribution >= 0.6 is 11.3 Å². The van der Waals surface area contributed by atoms with Gasteiger partial charge in [-0.15, -0.1) is 11.3 Å². The van der Waals surface area contributed by atoms with Gasteiger partial charge in [0, 0.05) is 22.7 Å². The molecule has 0 radical (unpaired) electrons. The van der Waals surface area contributed by atoms with Crippen molar-refractivity contribution in [2.45, 2.75) is 39.3 Å². The first-order chi connectivity index (χ1) is 9.99. The largest absolute Gasteiger partial charge is 0.325 e. The van der Waals surface area contributed by atoms with Gasteiger partial charge >= 0.3 is 0 Å². The van der Waals surface area contributed by atoms with Crippen LogP contribution in [0.2, 0.25) is 0 Å². The summed E-state index contributed by atoms with van der Waals surface area (Å²) >= 11 is 1.69. The number of nitrogens with zero attached hydrogens (tertiary/aromatic N) is 3. The van der Waals surface area contributed by atoms with E-state index >= 15 is 0 Å². The van der Waals surface area contributed by atoms with Crippen molar-refractivity contribution in [1.29, 1.82) is 0 Å². The van der Waals surface area contributed by atoms with Gasteiger partial charge in [0.15, 0.2) is 0 Å². The summed E-state index contributed by atoms with van der Waals surface area (Å²) < 4.78 is 2.00. The van der Waals surface area contributed by atoms with Crippen molar-refractivity contribution in [2.75, 3.05) is 0 Å². The Hall–Kier alpha value is -1.72. The Bertz CT molecular complexity index is 764. The molecule has 2 heterocycles. The fourth-order valence-electron chi connectivity index (χ4n) is 2.32. The second kappa shape index (κ2) is 5.24. The Morgan fingerprint density at radius 3 is 2.67 bits per heavy atom. The second-order valence-electron chi connectivity index (χ2n) is 6.20. The Balaban J connectivity index is 1.97. The van der Waals surface area contributed by atoms with E-state index < -0.39 is 0 Å². The first-order valence-electron chi connectivity index (χ1n) is 7.08. The molecule has 0 aliphatic rings. The van der Waals surface area contributed by atoms with Gasteiger partial charge in [-0.1, -0.05) is 39.0 Å². The van der Waals surface area contributed by atoms with Crippen LogP contribution in [0.5, 0.6) is 0 Å². The predicted molar refractivity (Wildman–Crippen MR) is 87.5 cm³/mol. The molecule has 0 aliphatic carbocycles. The average Bonchev–Trinajstić information content (AvgIpc) is 3.04. The molecular weight excluding hydrogens is 280 g/mol. The van der Waals surface area contributed by atoms with Crippen molar-refractivity contribution >= 4 is 22.2 Å². The maximum atomic E-state index is 5.79. The van der Waals surface area contributed by atoms with E-state index in [1.54, 1.807) is 11.3 Å². The first kappa shape index (κ1) is 14.2. The van der Waals surface area contributed by atoms with Gasteiger partial charge in [0.1, 0.15) is 5.01 Å². The summed E-state index contributed by atoms with van der Waals surface area (Å²) in [4.78, 5) is 4.75. The molecular formula is C16H20N4S. The molecule has 0 spiro atoms. The summed E-state index contributed by atoms with van der Waals surface area (Å²) in [7, 11) is 0. The summed E-state index contributed by atoms with van der Waals surface area (Å²) in [5.74, 6) is 0. The number of rotatable bonds is 3.